The SMILES string of the molecule is CCC(C)CCCC(C)(C)C(=Cc1ccccc1)C(=O)O. The Morgan fingerprint density at radius 2 is 1.90 bits per heavy atom. The highest BCUT2D eigenvalue weighted by Gasteiger charge is 2.28. The predicted octanol–water partition coefficient (Wildman–Crippen LogP) is 5.40. The average molecular weight is 288 g/mol. The van der Waals surface area contributed by atoms with Gasteiger partial charge in [-0.1, -0.05) is 77.3 Å². The Balaban J connectivity index is 2.84. The minimum Gasteiger partial charge on any atom is -0.478 e. The molecule has 0 aliphatic heterocycles. The Morgan fingerprint density at radius 1 is 1.29 bits per heavy atom. The molecule has 0 saturated heterocycles. The predicted molar refractivity (Wildman–Crippen MR) is 89.1 cm³/mol. The van der Waals surface area contributed by atoms with Gasteiger partial charge in [-0.15, -0.1) is 0 Å². The van der Waals surface area contributed by atoms with E-state index in [9.17, 15) is 9.90 Å². The molecule has 0 heterocycles. The maximum Gasteiger partial charge on any atom is 0.332 e. The van der Waals surface area contributed by atoms with Crippen molar-refractivity contribution in [1.29, 1.82) is 0 Å². The molecule has 1 atom stereocenters. The molecule has 1 N–H and O–H groups in total. The van der Waals surface area contributed by atoms with Gasteiger partial charge in [-0.2, -0.15) is 0 Å². The van der Waals surface area contributed by atoms with Crippen molar-refractivity contribution in [3.8, 4) is 0 Å². The Morgan fingerprint density at radius 3 is 2.43 bits per heavy atom. The Kier molecular flexibility index (Phi) is 6.67. The summed E-state index contributed by atoms with van der Waals surface area (Å²) in [6, 6.07) is 9.69. The summed E-state index contributed by atoms with van der Waals surface area (Å²) in [6.07, 6.45) is 6.14. The number of carboxylic acids is 1. The number of aliphatic carboxylic acids is 1. The lowest BCUT2D eigenvalue weighted by Gasteiger charge is -2.26. The first-order chi connectivity index (χ1) is 9.86. The molecule has 0 saturated carbocycles. The molecule has 1 aromatic carbocycles. The fraction of sp³-hybridized carbons (Fsp3) is 0.526. The molecule has 1 rings (SSSR count). The van der Waals surface area contributed by atoms with E-state index in [0.29, 0.717) is 11.5 Å². The van der Waals surface area contributed by atoms with E-state index in [1.807, 2.05) is 50.3 Å². The topological polar surface area (TPSA) is 37.3 Å². The van der Waals surface area contributed by atoms with Crippen molar-refractivity contribution in [3.05, 3.63) is 41.5 Å². The largest absolute Gasteiger partial charge is 0.478 e. The first-order valence-corrected chi connectivity index (χ1v) is 7.87. The highest BCUT2D eigenvalue weighted by Crippen LogP contribution is 2.34. The smallest absolute Gasteiger partial charge is 0.332 e. The molecule has 0 spiro atoms. The van der Waals surface area contributed by atoms with Crippen molar-refractivity contribution >= 4 is 12.0 Å². The zero-order valence-corrected chi connectivity index (χ0v) is 13.7. The summed E-state index contributed by atoms with van der Waals surface area (Å²) in [7, 11) is 0. The fourth-order valence-electron chi connectivity index (χ4n) is 2.49. The lowest BCUT2D eigenvalue weighted by Crippen LogP contribution is -2.21. The molecule has 21 heavy (non-hydrogen) atoms. The molecule has 0 aromatic heterocycles. The number of hydrogen-bond acceptors (Lipinski definition) is 1. The minimum atomic E-state index is -0.813. The van der Waals surface area contributed by atoms with E-state index >= 15 is 0 Å². The maximum absolute atomic E-state index is 11.6. The molecule has 1 aromatic rings. The van der Waals surface area contributed by atoms with Crippen LogP contribution in [-0.4, -0.2) is 11.1 Å². The summed E-state index contributed by atoms with van der Waals surface area (Å²) >= 11 is 0. The van der Waals surface area contributed by atoms with Crippen LogP contribution < -0.4 is 0 Å². The minimum absolute atomic E-state index is 0.310. The standard InChI is InChI=1S/C19H28O2/c1-5-15(2)10-9-13-19(3,4)17(18(20)21)14-16-11-7-6-8-12-16/h6-8,11-12,14-15H,5,9-10,13H2,1-4H3,(H,20,21). The van der Waals surface area contributed by atoms with Gasteiger partial charge in [-0.25, -0.2) is 4.79 Å². The third-order valence-electron chi connectivity index (χ3n) is 4.27. The monoisotopic (exact) mass is 288 g/mol. The van der Waals surface area contributed by atoms with Gasteiger partial charge in [0.1, 0.15) is 0 Å². The summed E-state index contributed by atoms with van der Waals surface area (Å²) in [5, 5.41) is 9.56. The molecule has 2 heteroatoms. The molecular formula is C19H28O2. The van der Waals surface area contributed by atoms with Gasteiger partial charge in [0.05, 0.1) is 0 Å². The van der Waals surface area contributed by atoms with Crippen molar-refractivity contribution < 1.29 is 9.90 Å². The second-order valence-electron chi connectivity index (χ2n) is 6.56. The normalized spacial score (nSPS) is 14.0. The maximum atomic E-state index is 11.6. The molecule has 0 amide bonds. The molecule has 2 nitrogen and oxygen atoms in total. The van der Waals surface area contributed by atoms with Crippen LogP contribution in [0.5, 0.6) is 0 Å². The zero-order chi connectivity index (χ0) is 15.9. The third kappa shape index (κ3) is 5.74. The number of rotatable bonds is 8. The van der Waals surface area contributed by atoms with Crippen LogP contribution in [0, 0.1) is 11.3 Å². The molecule has 0 bridgehead atoms. The van der Waals surface area contributed by atoms with Crippen LogP contribution in [0.25, 0.3) is 6.08 Å². The van der Waals surface area contributed by atoms with E-state index in [4.69, 9.17) is 0 Å². The highest BCUT2D eigenvalue weighted by atomic mass is 16.4. The third-order valence-corrected chi connectivity index (χ3v) is 4.27. The first-order valence-electron chi connectivity index (χ1n) is 7.87. The van der Waals surface area contributed by atoms with Crippen LogP contribution in [0.3, 0.4) is 0 Å². The number of benzene rings is 1. The van der Waals surface area contributed by atoms with Gasteiger partial charge in [0.15, 0.2) is 0 Å². The van der Waals surface area contributed by atoms with Crippen molar-refractivity contribution in [2.24, 2.45) is 11.3 Å². The molecule has 0 radical (unpaired) electrons. The lowest BCUT2D eigenvalue weighted by molar-refractivity contribution is -0.133. The van der Waals surface area contributed by atoms with Gasteiger partial charge in [0, 0.05) is 5.57 Å². The van der Waals surface area contributed by atoms with Gasteiger partial charge < -0.3 is 5.11 Å². The van der Waals surface area contributed by atoms with Crippen LogP contribution >= 0.6 is 0 Å². The van der Waals surface area contributed by atoms with E-state index in [2.05, 4.69) is 13.8 Å². The number of carboxylic acid groups (broad SMARTS) is 1. The van der Waals surface area contributed by atoms with Crippen molar-refractivity contribution in [2.45, 2.75) is 53.4 Å². The molecule has 0 fully saturated rings. The Hall–Kier alpha value is -1.57. The highest BCUT2D eigenvalue weighted by molar-refractivity contribution is 5.93. The van der Waals surface area contributed by atoms with Crippen molar-refractivity contribution in [2.75, 3.05) is 0 Å². The van der Waals surface area contributed by atoms with Crippen LogP contribution in [0.2, 0.25) is 0 Å². The summed E-state index contributed by atoms with van der Waals surface area (Å²) < 4.78 is 0. The van der Waals surface area contributed by atoms with E-state index in [0.717, 1.165) is 24.8 Å². The van der Waals surface area contributed by atoms with E-state index in [1.54, 1.807) is 0 Å². The molecule has 1 unspecified atom stereocenters. The Labute approximate surface area is 128 Å². The van der Waals surface area contributed by atoms with Gasteiger partial charge in [-0.3, -0.25) is 0 Å². The van der Waals surface area contributed by atoms with Crippen molar-refractivity contribution in [3.63, 3.8) is 0 Å². The van der Waals surface area contributed by atoms with Crippen molar-refractivity contribution in [1.82, 2.24) is 0 Å². The summed E-state index contributed by atoms with van der Waals surface area (Å²) in [5.41, 5.74) is 1.14. The van der Waals surface area contributed by atoms with E-state index in [-0.39, 0.29) is 5.41 Å². The second-order valence-corrected chi connectivity index (χ2v) is 6.56. The second kappa shape index (κ2) is 8.02. The average Bonchev–Trinajstić information content (AvgIpc) is 2.45. The quantitative estimate of drug-likeness (QED) is 0.650. The Bertz CT molecular complexity index is 472. The molecule has 0 aliphatic carbocycles. The molecular weight excluding hydrogens is 260 g/mol. The fourth-order valence-corrected chi connectivity index (χ4v) is 2.49. The van der Waals surface area contributed by atoms with Crippen LogP contribution in [-0.2, 0) is 4.79 Å². The van der Waals surface area contributed by atoms with E-state index < -0.39 is 5.97 Å². The number of carbonyl (C=O) groups is 1. The van der Waals surface area contributed by atoms with Gasteiger partial charge in [0.2, 0.25) is 0 Å². The van der Waals surface area contributed by atoms with Crippen LogP contribution in [0.1, 0.15) is 58.9 Å². The first kappa shape index (κ1) is 17.5. The summed E-state index contributed by atoms with van der Waals surface area (Å²) in [6.45, 7) is 8.53. The summed E-state index contributed by atoms with van der Waals surface area (Å²) in [5.74, 6) is -0.0976. The molecule has 116 valence electrons. The van der Waals surface area contributed by atoms with Gasteiger partial charge in [-0.05, 0) is 29.4 Å². The van der Waals surface area contributed by atoms with Gasteiger partial charge >= 0.3 is 5.97 Å². The van der Waals surface area contributed by atoms with Crippen LogP contribution in [0.15, 0.2) is 35.9 Å². The van der Waals surface area contributed by atoms with E-state index in [1.165, 1.54) is 6.42 Å². The zero-order valence-electron chi connectivity index (χ0n) is 13.7. The van der Waals surface area contributed by atoms with Gasteiger partial charge in [0.25, 0.3) is 0 Å². The lowest BCUT2D eigenvalue weighted by atomic mass is 9.78. The number of hydrogen-bond donors (Lipinski definition) is 1. The summed E-state index contributed by atoms with van der Waals surface area (Å²) in [4.78, 5) is 11.6. The molecule has 0 aliphatic rings. The van der Waals surface area contributed by atoms with Crippen LogP contribution in [0.4, 0.5) is 0 Å².